The maximum atomic E-state index is 13.4. The number of carbonyl (C=O) groups excluding carboxylic acids is 1. The van der Waals surface area contributed by atoms with Crippen LogP contribution in [0.2, 0.25) is 0 Å². The summed E-state index contributed by atoms with van der Waals surface area (Å²) < 4.78 is 65.1. The molecule has 126 valence electrons. The number of alkyl halides is 5. The molecule has 0 fully saturated rings. The minimum Gasteiger partial charge on any atom is -0.243 e. The SMILES string of the molecule is CC(C)Cc1nc(C(F)(F)C(F)(F)F)nn1C(=O)n1cncn1. The van der Waals surface area contributed by atoms with Gasteiger partial charge in [0.25, 0.3) is 0 Å². The Kier molecular flexibility index (Phi) is 4.18. The number of nitrogens with zero attached hydrogens (tertiary/aromatic N) is 6. The first-order chi connectivity index (χ1) is 10.5. The molecule has 0 spiro atoms. The Bertz CT molecular complexity index is 690. The summed E-state index contributed by atoms with van der Waals surface area (Å²) >= 11 is 0. The van der Waals surface area contributed by atoms with Crippen LogP contribution in [0.3, 0.4) is 0 Å². The zero-order valence-corrected chi connectivity index (χ0v) is 11.9. The summed E-state index contributed by atoms with van der Waals surface area (Å²) in [6, 6.07) is -1.06. The smallest absolute Gasteiger partial charge is 0.243 e. The fourth-order valence-corrected chi connectivity index (χ4v) is 1.66. The Labute approximate surface area is 126 Å². The summed E-state index contributed by atoms with van der Waals surface area (Å²) in [5, 5.41) is 6.55. The Morgan fingerprint density at radius 3 is 2.39 bits per heavy atom. The van der Waals surface area contributed by atoms with E-state index in [4.69, 9.17) is 0 Å². The molecule has 12 heteroatoms. The second-order valence-electron chi connectivity index (χ2n) is 5.06. The summed E-state index contributed by atoms with van der Waals surface area (Å²) in [4.78, 5) is 18.8. The predicted octanol–water partition coefficient (Wildman–Crippen LogP) is 2.24. The molecule has 0 radical (unpaired) electrons. The van der Waals surface area contributed by atoms with Crippen LogP contribution < -0.4 is 0 Å². The molecule has 0 N–H and O–H groups in total. The van der Waals surface area contributed by atoms with Crippen molar-refractivity contribution in [3.05, 3.63) is 24.3 Å². The molecule has 2 aromatic heterocycles. The van der Waals surface area contributed by atoms with Crippen molar-refractivity contribution in [2.24, 2.45) is 5.92 Å². The van der Waals surface area contributed by atoms with Crippen molar-refractivity contribution < 1.29 is 26.7 Å². The number of rotatable bonds is 3. The minimum atomic E-state index is -5.87. The lowest BCUT2D eigenvalue weighted by Crippen LogP contribution is -2.35. The molecule has 0 amide bonds. The van der Waals surface area contributed by atoms with E-state index in [9.17, 15) is 26.7 Å². The maximum Gasteiger partial charge on any atom is 0.461 e. The van der Waals surface area contributed by atoms with Crippen LogP contribution in [0.4, 0.5) is 26.7 Å². The van der Waals surface area contributed by atoms with Crippen LogP contribution in [-0.4, -0.2) is 41.7 Å². The highest BCUT2D eigenvalue weighted by Crippen LogP contribution is 2.42. The maximum absolute atomic E-state index is 13.4. The van der Waals surface area contributed by atoms with Gasteiger partial charge in [0.1, 0.15) is 18.5 Å². The van der Waals surface area contributed by atoms with Crippen LogP contribution in [0.25, 0.3) is 0 Å². The zero-order chi connectivity index (χ0) is 17.4. The van der Waals surface area contributed by atoms with Crippen LogP contribution in [0.5, 0.6) is 0 Å². The molecular weight excluding hydrogens is 327 g/mol. The van der Waals surface area contributed by atoms with E-state index in [0.29, 0.717) is 9.36 Å². The lowest BCUT2D eigenvalue weighted by Gasteiger charge is -2.15. The summed E-state index contributed by atoms with van der Waals surface area (Å²) in [6.07, 6.45) is -3.93. The van der Waals surface area contributed by atoms with E-state index < -0.39 is 24.0 Å². The molecule has 2 aromatic rings. The molecule has 0 saturated heterocycles. The van der Waals surface area contributed by atoms with Gasteiger partial charge in [-0.3, -0.25) is 0 Å². The molecule has 23 heavy (non-hydrogen) atoms. The fourth-order valence-electron chi connectivity index (χ4n) is 1.66. The molecule has 0 unspecified atom stereocenters. The highest BCUT2D eigenvalue weighted by atomic mass is 19.4. The van der Waals surface area contributed by atoms with E-state index in [2.05, 4.69) is 20.2 Å². The molecule has 0 aliphatic heterocycles. The van der Waals surface area contributed by atoms with Crippen LogP contribution in [0.15, 0.2) is 12.7 Å². The third-order valence-electron chi connectivity index (χ3n) is 2.70. The molecule has 7 nitrogen and oxygen atoms in total. The number of hydrogen-bond donors (Lipinski definition) is 0. The van der Waals surface area contributed by atoms with Gasteiger partial charge in [0.05, 0.1) is 0 Å². The standard InChI is InChI=1S/C11H11F5N6O/c1-6(2)3-7-19-8(10(12,13)11(14,15)16)20-22(7)9(23)21-5-17-4-18-21/h4-6H,3H2,1-2H3. The molecular formula is C11H11F5N6O. The highest BCUT2D eigenvalue weighted by Gasteiger charge is 2.62. The van der Waals surface area contributed by atoms with E-state index in [1.54, 1.807) is 13.8 Å². The Morgan fingerprint density at radius 2 is 1.91 bits per heavy atom. The zero-order valence-electron chi connectivity index (χ0n) is 11.9. The molecule has 0 saturated carbocycles. The van der Waals surface area contributed by atoms with Crippen molar-refractivity contribution in [2.75, 3.05) is 0 Å². The number of aromatic nitrogens is 6. The lowest BCUT2D eigenvalue weighted by molar-refractivity contribution is -0.292. The van der Waals surface area contributed by atoms with Crippen LogP contribution in [-0.2, 0) is 12.3 Å². The van der Waals surface area contributed by atoms with E-state index >= 15 is 0 Å². The van der Waals surface area contributed by atoms with Crippen molar-refractivity contribution in [1.29, 1.82) is 0 Å². The minimum absolute atomic E-state index is 0.0264. The van der Waals surface area contributed by atoms with Crippen molar-refractivity contribution in [1.82, 2.24) is 29.5 Å². The van der Waals surface area contributed by atoms with Crippen molar-refractivity contribution in [3.8, 4) is 0 Å². The van der Waals surface area contributed by atoms with Crippen LogP contribution >= 0.6 is 0 Å². The Hall–Kier alpha value is -2.40. The third kappa shape index (κ3) is 3.19. The largest absolute Gasteiger partial charge is 0.461 e. The summed E-state index contributed by atoms with van der Waals surface area (Å²) in [5.74, 6) is -7.53. The first-order valence-corrected chi connectivity index (χ1v) is 6.34. The second kappa shape index (κ2) is 5.66. The van der Waals surface area contributed by atoms with Gasteiger partial charge in [-0.25, -0.2) is 14.8 Å². The fraction of sp³-hybridized carbons (Fsp3) is 0.545. The Balaban J connectivity index is 2.51. The summed E-state index contributed by atoms with van der Waals surface area (Å²) in [5.41, 5.74) is 0. The average molecular weight is 338 g/mol. The third-order valence-corrected chi connectivity index (χ3v) is 2.70. The molecule has 0 bridgehead atoms. The topological polar surface area (TPSA) is 78.5 Å². The number of hydrogen-bond acceptors (Lipinski definition) is 5. The predicted molar refractivity (Wildman–Crippen MR) is 64.7 cm³/mol. The van der Waals surface area contributed by atoms with Gasteiger partial charge in [0.15, 0.2) is 0 Å². The molecule has 0 atom stereocenters. The Morgan fingerprint density at radius 1 is 1.26 bits per heavy atom. The van der Waals surface area contributed by atoms with Gasteiger partial charge in [-0.15, -0.1) is 5.10 Å². The summed E-state index contributed by atoms with van der Waals surface area (Å²) in [7, 11) is 0. The number of carbonyl (C=O) groups is 1. The first kappa shape index (κ1) is 17.0. The summed E-state index contributed by atoms with van der Waals surface area (Å²) in [6.45, 7) is 3.36. The van der Waals surface area contributed by atoms with Gasteiger partial charge in [0.2, 0.25) is 5.82 Å². The van der Waals surface area contributed by atoms with Gasteiger partial charge in [-0.05, 0) is 5.92 Å². The average Bonchev–Trinajstić information content (AvgIpc) is 3.04. The quantitative estimate of drug-likeness (QED) is 0.802. The van der Waals surface area contributed by atoms with E-state index in [-0.39, 0.29) is 18.2 Å². The van der Waals surface area contributed by atoms with Crippen molar-refractivity contribution in [2.45, 2.75) is 32.4 Å². The van der Waals surface area contributed by atoms with Gasteiger partial charge in [-0.2, -0.15) is 36.4 Å². The molecule has 2 heterocycles. The molecule has 0 aliphatic rings. The molecule has 0 aromatic carbocycles. The molecule has 2 rings (SSSR count). The van der Waals surface area contributed by atoms with Crippen LogP contribution in [0.1, 0.15) is 25.5 Å². The molecule has 0 aliphatic carbocycles. The van der Waals surface area contributed by atoms with E-state index in [0.717, 1.165) is 12.7 Å². The highest BCUT2D eigenvalue weighted by molar-refractivity contribution is 5.77. The van der Waals surface area contributed by atoms with Gasteiger partial charge < -0.3 is 0 Å². The van der Waals surface area contributed by atoms with Gasteiger partial charge >= 0.3 is 18.1 Å². The lowest BCUT2D eigenvalue weighted by atomic mass is 10.1. The second-order valence-corrected chi connectivity index (χ2v) is 5.06. The van der Waals surface area contributed by atoms with Gasteiger partial charge in [0, 0.05) is 6.42 Å². The van der Waals surface area contributed by atoms with Gasteiger partial charge in [-0.1, -0.05) is 13.8 Å². The van der Waals surface area contributed by atoms with E-state index in [1.165, 1.54) is 0 Å². The van der Waals surface area contributed by atoms with Crippen LogP contribution in [0, 0.1) is 5.92 Å². The first-order valence-electron chi connectivity index (χ1n) is 6.34. The van der Waals surface area contributed by atoms with Crippen molar-refractivity contribution in [3.63, 3.8) is 0 Å². The normalized spacial score (nSPS) is 12.9. The monoisotopic (exact) mass is 338 g/mol. The number of halogens is 5. The van der Waals surface area contributed by atoms with Crippen molar-refractivity contribution >= 4 is 6.03 Å². The van der Waals surface area contributed by atoms with E-state index in [1.807, 2.05) is 0 Å².